The molecule has 0 aliphatic heterocycles. The van der Waals surface area contributed by atoms with Gasteiger partial charge in [-0.1, -0.05) is 22.0 Å². The molecule has 1 rings (SSSR count). The third-order valence-corrected chi connectivity index (χ3v) is 3.28. The number of alkyl halides is 1. The number of hydrogen-bond acceptors (Lipinski definition) is 4. The minimum atomic E-state index is -0.362. The van der Waals surface area contributed by atoms with Gasteiger partial charge in [-0.15, -0.1) is 0 Å². The van der Waals surface area contributed by atoms with E-state index in [1.165, 1.54) is 7.11 Å². The van der Waals surface area contributed by atoms with E-state index in [-0.39, 0.29) is 11.9 Å². The summed E-state index contributed by atoms with van der Waals surface area (Å²) in [4.78, 5) is 22.8. The number of esters is 2. The van der Waals surface area contributed by atoms with Crippen molar-refractivity contribution in [3.63, 3.8) is 0 Å². The number of rotatable bonds is 6. The zero-order chi connectivity index (χ0) is 14.3. The highest BCUT2D eigenvalue weighted by Gasteiger charge is 2.11. The van der Waals surface area contributed by atoms with Crippen molar-refractivity contribution in [1.82, 2.24) is 0 Å². The number of benzene rings is 1. The van der Waals surface area contributed by atoms with Gasteiger partial charge in [-0.25, -0.2) is 4.79 Å². The fraction of sp³-hybridized carbons (Fsp3) is 0.429. The Bertz CT molecular complexity index is 457. The van der Waals surface area contributed by atoms with E-state index >= 15 is 0 Å². The summed E-state index contributed by atoms with van der Waals surface area (Å²) in [7, 11) is 1.35. The van der Waals surface area contributed by atoms with Crippen LogP contribution in [-0.2, 0) is 26.0 Å². The van der Waals surface area contributed by atoms with Gasteiger partial charge in [0.15, 0.2) is 0 Å². The van der Waals surface area contributed by atoms with Gasteiger partial charge in [0, 0.05) is 11.8 Å². The lowest BCUT2D eigenvalue weighted by Gasteiger charge is -2.09. The van der Waals surface area contributed by atoms with Crippen molar-refractivity contribution in [3.05, 3.63) is 34.9 Å². The summed E-state index contributed by atoms with van der Waals surface area (Å²) >= 11 is 3.38. The molecule has 1 aromatic rings. The van der Waals surface area contributed by atoms with Crippen LogP contribution in [0.2, 0.25) is 0 Å². The Balaban J connectivity index is 2.79. The molecule has 104 valence electrons. The number of halogens is 1. The molecule has 0 unspecified atom stereocenters. The maximum absolute atomic E-state index is 11.4. The maximum Gasteiger partial charge on any atom is 0.337 e. The zero-order valence-electron chi connectivity index (χ0n) is 11.1. The van der Waals surface area contributed by atoms with Crippen molar-refractivity contribution >= 4 is 27.9 Å². The fourth-order valence-corrected chi connectivity index (χ4v) is 2.23. The maximum atomic E-state index is 11.4. The average molecular weight is 329 g/mol. The van der Waals surface area contributed by atoms with E-state index < -0.39 is 0 Å². The molecule has 0 spiro atoms. The Hall–Kier alpha value is -1.36. The summed E-state index contributed by atoms with van der Waals surface area (Å²) < 4.78 is 9.57. The molecule has 0 saturated heterocycles. The van der Waals surface area contributed by atoms with Crippen LogP contribution in [0.25, 0.3) is 0 Å². The van der Waals surface area contributed by atoms with Crippen molar-refractivity contribution in [1.29, 1.82) is 0 Å². The predicted molar refractivity (Wildman–Crippen MR) is 75.4 cm³/mol. The summed E-state index contributed by atoms with van der Waals surface area (Å²) in [5.41, 5.74) is 2.52. The molecule has 19 heavy (non-hydrogen) atoms. The predicted octanol–water partition coefficient (Wildman–Crippen LogP) is 2.86. The van der Waals surface area contributed by atoms with E-state index in [1.807, 2.05) is 6.07 Å². The van der Waals surface area contributed by atoms with Gasteiger partial charge < -0.3 is 9.47 Å². The standard InChI is InChI=1S/C14H17BrO4/c1-3-19-13(16)7-6-10-4-5-11(14(17)18-2)8-12(10)9-15/h4-5,8H,3,6-7,9H2,1-2H3. The molecule has 0 fully saturated rings. The second-order valence-electron chi connectivity index (χ2n) is 3.91. The highest BCUT2D eigenvalue weighted by Crippen LogP contribution is 2.18. The highest BCUT2D eigenvalue weighted by atomic mass is 79.9. The van der Waals surface area contributed by atoms with Gasteiger partial charge in [-0.2, -0.15) is 0 Å². The Labute approximate surface area is 121 Å². The Morgan fingerprint density at radius 3 is 2.58 bits per heavy atom. The highest BCUT2D eigenvalue weighted by molar-refractivity contribution is 9.08. The molecule has 0 N–H and O–H groups in total. The molecule has 0 aliphatic carbocycles. The van der Waals surface area contributed by atoms with Gasteiger partial charge >= 0.3 is 11.9 Å². The van der Waals surface area contributed by atoms with Gasteiger partial charge in [-0.3, -0.25) is 4.79 Å². The lowest BCUT2D eigenvalue weighted by atomic mass is 10.0. The van der Waals surface area contributed by atoms with Gasteiger partial charge in [0.25, 0.3) is 0 Å². The molecule has 0 aliphatic rings. The topological polar surface area (TPSA) is 52.6 Å². The van der Waals surface area contributed by atoms with Gasteiger partial charge in [0.2, 0.25) is 0 Å². The van der Waals surface area contributed by atoms with Crippen molar-refractivity contribution in [2.45, 2.75) is 25.1 Å². The summed E-state index contributed by atoms with van der Waals surface area (Å²) in [6, 6.07) is 5.33. The molecule has 1 aromatic carbocycles. The lowest BCUT2D eigenvalue weighted by Crippen LogP contribution is -2.07. The van der Waals surface area contributed by atoms with Gasteiger partial charge in [0.05, 0.1) is 19.3 Å². The van der Waals surface area contributed by atoms with Crippen LogP contribution in [0.1, 0.15) is 34.8 Å². The smallest absolute Gasteiger partial charge is 0.337 e. The van der Waals surface area contributed by atoms with Crippen LogP contribution in [0, 0.1) is 0 Å². The lowest BCUT2D eigenvalue weighted by molar-refractivity contribution is -0.143. The molecule has 0 atom stereocenters. The quantitative estimate of drug-likeness (QED) is 0.595. The number of aryl methyl sites for hydroxylation is 1. The largest absolute Gasteiger partial charge is 0.466 e. The summed E-state index contributed by atoms with van der Waals surface area (Å²) in [5.74, 6) is -0.570. The fourth-order valence-electron chi connectivity index (χ4n) is 1.71. The van der Waals surface area contributed by atoms with Crippen LogP contribution in [0.5, 0.6) is 0 Å². The number of carbonyl (C=O) groups excluding carboxylic acids is 2. The first-order valence-electron chi connectivity index (χ1n) is 6.04. The van der Waals surface area contributed by atoms with E-state index in [0.29, 0.717) is 30.3 Å². The summed E-state index contributed by atoms with van der Waals surface area (Å²) in [6.45, 7) is 2.18. The monoisotopic (exact) mass is 328 g/mol. The van der Waals surface area contributed by atoms with Crippen molar-refractivity contribution < 1.29 is 19.1 Å². The minimum Gasteiger partial charge on any atom is -0.466 e. The molecule has 0 radical (unpaired) electrons. The zero-order valence-corrected chi connectivity index (χ0v) is 12.7. The van der Waals surface area contributed by atoms with Gasteiger partial charge in [0.1, 0.15) is 0 Å². The normalized spacial score (nSPS) is 10.1. The van der Waals surface area contributed by atoms with E-state index in [1.54, 1.807) is 19.1 Å². The molecule has 0 amide bonds. The Morgan fingerprint density at radius 1 is 1.26 bits per heavy atom. The molecule has 0 saturated carbocycles. The molecular formula is C14H17BrO4. The second kappa shape index (κ2) is 7.94. The van der Waals surface area contributed by atoms with E-state index in [0.717, 1.165) is 11.1 Å². The van der Waals surface area contributed by atoms with Crippen LogP contribution in [0.4, 0.5) is 0 Å². The van der Waals surface area contributed by atoms with Crippen molar-refractivity contribution in [2.24, 2.45) is 0 Å². The number of carbonyl (C=O) groups is 2. The van der Waals surface area contributed by atoms with E-state index in [9.17, 15) is 9.59 Å². The molecule has 4 nitrogen and oxygen atoms in total. The third-order valence-electron chi connectivity index (χ3n) is 2.68. The van der Waals surface area contributed by atoms with Gasteiger partial charge in [-0.05, 0) is 36.6 Å². The molecule has 0 bridgehead atoms. The van der Waals surface area contributed by atoms with Crippen LogP contribution >= 0.6 is 15.9 Å². The summed E-state index contributed by atoms with van der Waals surface area (Å²) in [6.07, 6.45) is 0.937. The molecule has 0 heterocycles. The number of methoxy groups -OCH3 is 1. The number of ether oxygens (including phenoxy) is 2. The first-order valence-corrected chi connectivity index (χ1v) is 7.16. The van der Waals surface area contributed by atoms with E-state index in [4.69, 9.17) is 4.74 Å². The average Bonchev–Trinajstić information content (AvgIpc) is 2.44. The van der Waals surface area contributed by atoms with Crippen LogP contribution in [0.15, 0.2) is 18.2 Å². The SMILES string of the molecule is CCOC(=O)CCc1ccc(C(=O)OC)cc1CBr. The van der Waals surface area contributed by atoms with Crippen LogP contribution < -0.4 is 0 Å². The second-order valence-corrected chi connectivity index (χ2v) is 4.47. The minimum absolute atomic E-state index is 0.208. The Kier molecular flexibility index (Phi) is 6.56. The first kappa shape index (κ1) is 15.7. The molecule has 5 heteroatoms. The first-order chi connectivity index (χ1) is 9.12. The van der Waals surface area contributed by atoms with Crippen molar-refractivity contribution in [3.8, 4) is 0 Å². The number of hydrogen-bond donors (Lipinski definition) is 0. The molecule has 0 aromatic heterocycles. The van der Waals surface area contributed by atoms with E-state index in [2.05, 4.69) is 20.7 Å². The van der Waals surface area contributed by atoms with Crippen LogP contribution in [0.3, 0.4) is 0 Å². The van der Waals surface area contributed by atoms with Crippen molar-refractivity contribution in [2.75, 3.05) is 13.7 Å². The molecular weight excluding hydrogens is 312 g/mol. The van der Waals surface area contributed by atoms with Crippen LogP contribution in [-0.4, -0.2) is 25.7 Å². The Morgan fingerprint density at radius 2 is 2.00 bits per heavy atom. The third kappa shape index (κ3) is 4.67. The summed E-state index contributed by atoms with van der Waals surface area (Å²) in [5, 5.41) is 0.621.